The molecule has 12 heavy (non-hydrogen) atoms. The summed E-state index contributed by atoms with van der Waals surface area (Å²) >= 11 is 0. The largest absolute Gasteiger partial charge is 0.463 e. The van der Waals surface area contributed by atoms with Gasteiger partial charge in [0.1, 0.15) is 0 Å². The molecule has 0 aliphatic rings. The van der Waals surface area contributed by atoms with Gasteiger partial charge in [0.25, 0.3) is 0 Å². The summed E-state index contributed by atoms with van der Waals surface area (Å²) in [6, 6.07) is 0.141. The third-order valence-corrected chi connectivity index (χ3v) is 1.02. The third-order valence-electron chi connectivity index (χ3n) is 1.02. The van der Waals surface area contributed by atoms with Crippen molar-refractivity contribution in [2.75, 3.05) is 7.11 Å². The Labute approximate surface area is 72.3 Å². The van der Waals surface area contributed by atoms with Crippen molar-refractivity contribution in [3.63, 3.8) is 0 Å². The van der Waals surface area contributed by atoms with Crippen molar-refractivity contribution in [3.05, 3.63) is 12.8 Å². The number of ether oxygens (including phenoxy) is 1. The van der Waals surface area contributed by atoms with Crippen molar-refractivity contribution >= 4 is 11.8 Å². The Morgan fingerprint density at radius 3 is 2.58 bits per heavy atom. The van der Waals surface area contributed by atoms with Crippen LogP contribution in [0.3, 0.4) is 0 Å². The van der Waals surface area contributed by atoms with Crippen molar-refractivity contribution < 1.29 is 9.53 Å². The predicted octanol–water partition coefficient (Wildman–Crippen LogP) is 0.699. The number of hydrogen-bond donors (Lipinski definition) is 1. The van der Waals surface area contributed by atoms with E-state index in [-0.39, 0.29) is 11.9 Å². The fraction of sp³-hybridized carbons (Fsp3) is 0.500. The summed E-state index contributed by atoms with van der Waals surface area (Å²) in [6.45, 7) is 7.20. The fourth-order valence-corrected chi connectivity index (χ4v) is 0.610. The van der Waals surface area contributed by atoms with Gasteiger partial charge < -0.3 is 10.1 Å². The molecule has 0 amide bonds. The van der Waals surface area contributed by atoms with Gasteiger partial charge in [0.15, 0.2) is 0 Å². The van der Waals surface area contributed by atoms with Crippen molar-refractivity contribution in [2.45, 2.75) is 19.9 Å². The van der Waals surface area contributed by atoms with Crippen LogP contribution < -0.4 is 5.32 Å². The van der Waals surface area contributed by atoms with Gasteiger partial charge in [-0.05, 0) is 13.8 Å². The molecule has 0 rings (SSSR count). The minimum absolute atomic E-state index is 0.141. The molecule has 0 bridgehead atoms. The zero-order valence-electron chi connectivity index (χ0n) is 7.63. The number of nitrogens with one attached hydrogen (secondary N) is 1. The van der Waals surface area contributed by atoms with Gasteiger partial charge in [0.05, 0.1) is 7.11 Å². The number of methoxy groups -OCH3 is 1. The molecule has 4 nitrogen and oxygen atoms in total. The molecule has 0 aromatic heterocycles. The lowest BCUT2D eigenvalue weighted by Crippen LogP contribution is -2.36. The van der Waals surface area contributed by atoms with Crippen LogP contribution in [0, 0.1) is 0 Å². The first kappa shape index (κ1) is 10.7. The molecule has 0 unspecified atom stereocenters. The lowest BCUT2D eigenvalue weighted by molar-refractivity contribution is -0.133. The Kier molecular flexibility index (Phi) is 4.76. The molecule has 0 aromatic rings. The minimum atomic E-state index is -0.483. The maximum atomic E-state index is 11.0. The lowest BCUT2D eigenvalue weighted by Gasteiger charge is -2.09. The van der Waals surface area contributed by atoms with E-state index in [1.54, 1.807) is 0 Å². The smallest absolute Gasteiger partial charge is 0.373 e. The van der Waals surface area contributed by atoms with Crippen molar-refractivity contribution in [2.24, 2.45) is 4.99 Å². The van der Waals surface area contributed by atoms with Gasteiger partial charge >= 0.3 is 5.97 Å². The molecule has 0 aliphatic heterocycles. The molecule has 0 radical (unpaired) electrons. The van der Waals surface area contributed by atoms with Crippen molar-refractivity contribution in [1.82, 2.24) is 5.32 Å². The van der Waals surface area contributed by atoms with E-state index in [0.717, 1.165) is 0 Å². The summed E-state index contributed by atoms with van der Waals surface area (Å²) in [7, 11) is 1.31. The normalized spacial score (nSPS) is 11.2. The van der Waals surface area contributed by atoms with E-state index in [2.05, 4.69) is 21.6 Å². The predicted molar refractivity (Wildman–Crippen MR) is 47.9 cm³/mol. The lowest BCUT2D eigenvalue weighted by atomic mass is 10.4. The molecular weight excluding hydrogens is 156 g/mol. The molecule has 0 saturated carbocycles. The molecule has 1 N–H and O–H groups in total. The molecule has 0 aliphatic carbocycles. The number of carbonyl (C=O) groups excluding carboxylic acids is 1. The number of rotatable bonds is 2. The van der Waals surface area contributed by atoms with Crippen LogP contribution in [0.2, 0.25) is 0 Å². The molecule has 68 valence electrons. The molecule has 0 atom stereocenters. The maximum absolute atomic E-state index is 11.0. The van der Waals surface area contributed by atoms with Gasteiger partial charge in [-0.15, -0.1) is 0 Å². The highest BCUT2D eigenvalue weighted by Crippen LogP contribution is 1.85. The first-order valence-electron chi connectivity index (χ1n) is 3.65. The second-order valence-electron chi connectivity index (χ2n) is 2.45. The van der Waals surface area contributed by atoms with Crippen LogP contribution >= 0.6 is 0 Å². The van der Waals surface area contributed by atoms with Gasteiger partial charge in [-0.3, -0.25) is 0 Å². The number of carbonyl (C=O) groups is 1. The highest BCUT2D eigenvalue weighted by atomic mass is 16.5. The van der Waals surface area contributed by atoms with Crippen molar-refractivity contribution in [1.29, 1.82) is 0 Å². The van der Waals surface area contributed by atoms with Crippen LogP contribution in [0.1, 0.15) is 13.8 Å². The second kappa shape index (κ2) is 5.35. The Bertz CT molecular complexity index is 197. The molecule has 4 heteroatoms. The summed E-state index contributed by atoms with van der Waals surface area (Å²) < 4.78 is 4.49. The molecule has 0 aromatic carbocycles. The average Bonchev–Trinajstić information content (AvgIpc) is 2.01. The highest BCUT2D eigenvalue weighted by molar-refractivity contribution is 6.35. The summed E-state index contributed by atoms with van der Waals surface area (Å²) in [5.41, 5.74) is 0. The summed E-state index contributed by atoms with van der Waals surface area (Å²) in [5, 5.41) is 2.84. The van der Waals surface area contributed by atoms with Crippen LogP contribution in [-0.4, -0.2) is 25.0 Å². The first-order valence-corrected chi connectivity index (χ1v) is 3.65. The zero-order chi connectivity index (χ0) is 9.56. The molecule has 0 spiro atoms. The summed E-state index contributed by atoms with van der Waals surface area (Å²) in [4.78, 5) is 14.7. The SMILES string of the molecule is C=C/N=C(\NC(C)C)C(=O)OC. The highest BCUT2D eigenvalue weighted by Gasteiger charge is 2.10. The van der Waals surface area contributed by atoms with E-state index < -0.39 is 5.97 Å². The quantitative estimate of drug-likeness (QED) is 0.377. The van der Waals surface area contributed by atoms with Gasteiger partial charge in [-0.1, -0.05) is 6.58 Å². The maximum Gasteiger partial charge on any atom is 0.373 e. The molecule has 0 heterocycles. The minimum Gasteiger partial charge on any atom is -0.463 e. The molecular formula is C8H14N2O2. The Morgan fingerprint density at radius 2 is 2.25 bits per heavy atom. The van der Waals surface area contributed by atoms with Crippen LogP contribution in [0.4, 0.5) is 0 Å². The van der Waals surface area contributed by atoms with E-state index in [1.807, 2.05) is 13.8 Å². The van der Waals surface area contributed by atoms with Gasteiger partial charge in [0.2, 0.25) is 5.84 Å². The second-order valence-corrected chi connectivity index (χ2v) is 2.45. The topological polar surface area (TPSA) is 50.7 Å². The Balaban J connectivity index is 4.33. The number of nitrogens with zero attached hydrogens (tertiary/aromatic N) is 1. The number of esters is 1. The van der Waals surface area contributed by atoms with Gasteiger partial charge in [-0.25, -0.2) is 9.79 Å². The average molecular weight is 170 g/mol. The van der Waals surface area contributed by atoms with E-state index in [0.29, 0.717) is 0 Å². The number of hydrogen-bond acceptors (Lipinski definition) is 3. The monoisotopic (exact) mass is 170 g/mol. The third kappa shape index (κ3) is 3.75. The van der Waals surface area contributed by atoms with Gasteiger partial charge in [0, 0.05) is 12.2 Å². The van der Waals surface area contributed by atoms with E-state index in [9.17, 15) is 4.79 Å². The fourth-order valence-electron chi connectivity index (χ4n) is 0.610. The van der Waals surface area contributed by atoms with Crippen LogP contribution in [0.5, 0.6) is 0 Å². The summed E-state index contributed by atoms with van der Waals surface area (Å²) in [5.74, 6) is -0.300. The van der Waals surface area contributed by atoms with Crippen LogP contribution in [-0.2, 0) is 9.53 Å². The number of aliphatic imine (C=N–C) groups is 1. The van der Waals surface area contributed by atoms with E-state index >= 15 is 0 Å². The molecule has 0 saturated heterocycles. The Morgan fingerprint density at radius 1 is 1.67 bits per heavy atom. The van der Waals surface area contributed by atoms with Crippen LogP contribution in [0.25, 0.3) is 0 Å². The zero-order valence-corrected chi connectivity index (χ0v) is 7.63. The van der Waals surface area contributed by atoms with E-state index in [1.165, 1.54) is 13.3 Å². The number of amidine groups is 1. The van der Waals surface area contributed by atoms with Crippen molar-refractivity contribution in [3.8, 4) is 0 Å². The van der Waals surface area contributed by atoms with Gasteiger partial charge in [-0.2, -0.15) is 0 Å². The first-order chi connectivity index (χ1) is 5.61. The van der Waals surface area contributed by atoms with Crippen LogP contribution in [0.15, 0.2) is 17.8 Å². The Hall–Kier alpha value is -1.32. The summed E-state index contributed by atoms with van der Waals surface area (Å²) in [6.07, 6.45) is 1.29. The molecule has 0 fully saturated rings. The van der Waals surface area contributed by atoms with E-state index in [4.69, 9.17) is 0 Å². The standard InChI is InChI=1S/C8H14N2O2/c1-5-9-7(8(11)12-4)10-6(2)3/h5-6H,1H2,2-4H3,(H,9,10).